The van der Waals surface area contributed by atoms with E-state index in [1.54, 1.807) is 38.0 Å². The Morgan fingerprint density at radius 3 is 2.18 bits per heavy atom. The predicted octanol–water partition coefficient (Wildman–Crippen LogP) is 2.77. The van der Waals surface area contributed by atoms with Crippen molar-refractivity contribution < 1.29 is 22.7 Å². The smallest absolute Gasteiger partial charge is 0.248 e. The summed E-state index contributed by atoms with van der Waals surface area (Å²) < 4.78 is 38.3. The minimum Gasteiger partial charge on any atom is -0.497 e. The number of carbonyl (C=O) groups excluding carboxylic acids is 1. The van der Waals surface area contributed by atoms with Crippen LogP contribution in [0.4, 0.5) is 0 Å². The van der Waals surface area contributed by atoms with Crippen molar-refractivity contribution in [3.63, 3.8) is 0 Å². The van der Waals surface area contributed by atoms with Crippen LogP contribution in [-0.4, -0.2) is 96.1 Å². The van der Waals surface area contributed by atoms with Gasteiger partial charge in [-0.2, -0.15) is 4.31 Å². The normalized spacial score (nSPS) is 19.9. The highest BCUT2D eigenvalue weighted by Crippen LogP contribution is 2.50. The van der Waals surface area contributed by atoms with E-state index < -0.39 is 10.0 Å². The van der Waals surface area contributed by atoms with E-state index in [0.717, 1.165) is 19.4 Å². The van der Waals surface area contributed by atoms with E-state index in [1.807, 2.05) is 7.05 Å². The van der Waals surface area contributed by atoms with Gasteiger partial charge in [0, 0.05) is 26.7 Å². The Morgan fingerprint density at radius 1 is 1.09 bits per heavy atom. The maximum Gasteiger partial charge on any atom is 0.248 e. The number of methoxy groups -OCH3 is 1. The van der Waals surface area contributed by atoms with Gasteiger partial charge in [-0.3, -0.25) is 4.79 Å². The Hall–Kier alpha value is -1.68. The lowest BCUT2D eigenvalue weighted by Gasteiger charge is -2.56. The first-order valence-electron chi connectivity index (χ1n) is 11.8. The molecule has 0 saturated heterocycles. The van der Waals surface area contributed by atoms with Crippen molar-refractivity contribution in [2.75, 3.05) is 61.6 Å². The Balaban J connectivity index is 1.86. The van der Waals surface area contributed by atoms with Crippen molar-refractivity contribution in [2.45, 2.75) is 51.5 Å². The maximum absolute atomic E-state index is 13.1. The lowest BCUT2D eigenvalue weighted by atomic mass is 9.57. The van der Waals surface area contributed by atoms with Crippen LogP contribution in [0.1, 0.15) is 37.8 Å². The molecule has 0 bridgehead atoms. The number of sulfonamides is 1. The lowest BCUT2D eigenvalue weighted by Crippen LogP contribution is -2.59. The molecule has 2 atom stereocenters. The molecule has 1 amide bonds. The number of benzene rings is 1. The lowest BCUT2D eigenvalue weighted by molar-refractivity contribution is -0.148. The van der Waals surface area contributed by atoms with Gasteiger partial charge < -0.3 is 19.3 Å². The van der Waals surface area contributed by atoms with Gasteiger partial charge in [-0.1, -0.05) is 13.8 Å². The number of hydrogen-bond donors (Lipinski definition) is 0. The van der Waals surface area contributed by atoms with Crippen LogP contribution in [0.15, 0.2) is 17.0 Å². The van der Waals surface area contributed by atoms with Gasteiger partial charge in [0.25, 0.3) is 0 Å². The van der Waals surface area contributed by atoms with E-state index in [-0.39, 0.29) is 42.0 Å². The van der Waals surface area contributed by atoms with E-state index in [4.69, 9.17) is 9.47 Å². The molecule has 9 heteroatoms. The van der Waals surface area contributed by atoms with Crippen LogP contribution in [0.5, 0.6) is 5.75 Å². The average molecular weight is 498 g/mol. The van der Waals surface area contributed by atoms with Gasteiger partial charge in [-0.15, -0.1) is 0 Å². The summed E-state index contributed by atoms with van der Waals surface area (Å²) in [5.41, 5.74) is 1.34. The number of carbonyl (C=O) groups is 1. The van der Waals surface area contributed by atoms with Crippen LogP contribution >= 0.6 is 0 Å². The Bertz CT molecular complexity index is 938. The van der Waals surface area contributed by atoms with Crippen molar-refractivity contribution in [3.8, 4) is 5.75 Å². The average Bonchev–Trinajstić information content (AvgIpc) is 2.74. The number of nitrogens with zero attached hydrogens (tertiary/aromatic N) is 3. The summed E-state index contributed by atoms with van der Waals surface area (Å²) in [6, 6.07) is 3.62. The molecule has 34 heavy (non-hydrogen) atoms. The van der Waals surface area contributed by atoms with Gasteiger partial charge in [0.2, 0.25) is 15.9 Å². The molecule has 2 rings (SSSR count). The predicted molar refractivity (Wildman–Crippen MR) is 135 cm³/mol. The van der Waals surface area contributed by atoms with Crippen LogP contribution < -0.4 is 4.74 Å². The Kier molecular flexibility index (Phi) is 9.55. The fourth-order valence-electron chi connectivity index (χ4n) is 4.89. The third-order valence-corrected chi connectivity index (χ3v) is 9.48. The molecule has 0 aromatic heterocycles. The van der Waals surface area contributed by atoms with Gasteiger partial charge in [0.15, 0.2) is 0 Å². The third-order valence-electron chi connectivity index (χ3n) is 7.32. The summed E-state index contributed by atoms with van der Waals surface area (Å²) in [6.45, 7) is 9.27. The van der Waals surface area contributed by atoms with Crippen LogP contribution in [0.25, 0.3) is 0 Å². The minimum absolute atomic E-state index is 0.0556. The molecule has 1 aliphatic carbocycles. The van der Waals surface area contributed by atoms with Gasteiger partial charge in [0.05, 0.1) is 18.6 Å². The highest BCUT2D eigenvalue weighted by molar-refractivity contribution is 7.89. The summed E-state index contributed by atoms with van der Waals surface area (Å²) in [7, 11) is 5.40. The molecule has 0 spiro atoms. The molecule has 1 fully saturated rings. The molecular formula is C25H43N3O5S. The van der Waals surface area contributed by atoms with E-state index in [9.17, 15) is 13.2 Å². The summed E-state index contributed by atoms with van der Waals surface area (Å²) in [4.78, 5) is 17.0. The van der Waals surface area contributed by atoms with Gasteiger partial charge in [0.1, 0.15) is 12.4 Å². The molecule has 1 aromatic carbocycles. The summed E-state index contributed by atoms with van der Waals surface area (Å²) >= 11 is 0. The summed E-state index contributed by atoms with van der Waals surface area (Å²) in [5.74, 6) is 1.15. The first-order chi connectivity index (χ1) is 15.7. The molecule has 1 aromatic rings. The van der Waals surface area contributed by atoms with Crippen LogP contribution in [0.2, 0.25) is 0 Å². The van der Waals surface area contributed by atoms with Gasteiger partial charge in [-0.05, 0) is 81.9 Å². The zero-order valence-corrected chi connectivity index (χ0v) is 23.2. The number of hydrogen-bond acceptors (Lipinski definition) is 6. The number of aryl methyl sites for hydroxylation is 2. The van der Waals surface area contributed by atoms with Crippen molar-refractivity contribution in [3.05, 3.63) is 23.3 Å². The molecule has 1 aliphatic rings. The summed E-state index contributed by atoms with van der Waals surface area (Å²) in [6.07, 6.45) is 2.13. The number of amides is 1. The van der Waals surface area contributed by atoms with E-state index in [1.165, 1.54) is 11.4 Å². The zero-order valence-electron chi connectivity index (χ0n) is 22.3. The molecule has 8 nitrogen and oxygen atoms in total. The monoisotopic (exact) mass is 497 g/mol. The molecule has 0 heterocycles. The van der Waals surface area contributed by atoms with Crippen LogP contribution in [0, 0.1) is 25.2 Å². The Labute approximate surface area is 206 Å². The second-order valence-corrected chi connectivity index (χ2v) is 12.3. The number of ether oxygens (including phenoxy) is 2. The van der Waals surface area contributed by atoms with Crippen molar-refractivity contribution >= 4 is 15.9 Å². The Morgan fingerprint density at radius 2 is 1.68 bits per heavy atom. The van der Waals surface area contributed by atoms with Crippen molar-refractivity contribution in [1.82, 2.24) is 14.1 Å². The van der Waals surface area contributed by atoms with Gasteiger partial charge >= 0.3 is 0 Å². The zero-order chi connectivity index (χ0) is 25.8. The van der Waals surface area contributed by atoms with E-state index in [2.05, 4.69) is 32.8 Å². The third kappa shape index (κ3) is 6.30. The van der Waals surface area contributed by atoms with E-state index in [0.29, 0.717) is 22.8 Å². The molecule has 194 valence electrons. The highest BCUT2D eigenvalue weighted by Gasteiger charge is 2.50. The topological polar surface area (TPSA) is 79.4 Å². The molecular weight excluding hydrogens is 454 g/mol. The molecule has 0 radical (unpaired) electrons. The minimum atomic E-state index is -3.68. The quantitative estimate of drug-likeness (QED) is 0.413. The first-order valence-corrected chi connectivity index (χ1v) is 13.3. The van der Waals surface area contributed by atoms with Gasteiger partial charge in [-0.25, -0.2) is 8.42 Å². The maximum atomic E-state index is 13.1. The molecule has 0 unspecified atom stereocenters. The van der Waals surface area contributed by atoms with Crippen LogP contribution in [0.3, 0.4) is 0 Å². The second kappa shape index (κ2) is 11.4. The standard InChI is InChI=1S/C25H43N3O5S/c1-18-14-21(32-9)15-19(2)24(18)34(30,31)27(7)12-13-33-17-23(29)28(8)22-16-20(25(22,3)4)10-11-26(5)6/h14-15,20,22H,10-13,16-17H2,1-9H3/t20-,22+/m1/s1. The fraction of sp³-hybridized carbons (Fsp3) is 0.720. The second-order valence-electron chi connectivity index (χ2n) is 10.3. The van der Waals surface area contributed by atoms with E-state index >= 15 is 0 Å². The fourth-order valence-corrected chi connectivity index (χ4v) is 6.45. The number of likely N-dealkylation sites (N-methyl/N-ethyl adjacent to an activating group) is 2. The van der Waals surface area contributed by atoms with Crippen LogP contribution in [-0.2, 0) is 19.6 Å². The largest absolute Gasteiger partial charge is 0.497 e. The highest BCUT2D eigenvalue weighted by atomic mass is 32.2. The number of rotatable bonds is 12. The molecule has 0 aliphatic heterocycles. The molecule has 0 N–H and O–H groups in total. The van der Waals surface area contributed by atoms with Crippen molar-refractivity contribution in [1.29, 1.82) is 0 Å². The molecule has 1 saturated carbocycles. The van der Waals surface area contributed by atoms with Crippen molar-refractivity contribution in [2.24, 2.45) is 11.3 Å². The summed E-state index contributed by atoms with van der Waals surface area (Å²) in [5, 5.41) is 0. The SMILES string of the molecule is COc1cc(C)c(S(=O)(=O)N(C)CCOCC(=O)N(C)[C@H]2C[C@@H](CCN(C)C)C2(C)C)c(C)c1. The first kappa shape index (κ1) is 28.6.